The summed E-state index contributed by atoms with van der Waals surface area (Å²) in [5.74, 6) is -3.11. The van der Waals surface area contributed by atoms with Crippen LogP contribution in [0.1, 0.15) is 55.4 Å². The van der Waals surface area contributed by atoms with Crippen LogP contribution < -0.4 is 5.32 Å². The number of alkyl halides is 2. The average molecular weight is 396 g/mol. The highest BCUT2D eigenvalue weighted by molar-refractivity contribution is 5.92. The molecule has 154 valence electrons. The van der Waals surface area contributed by atoms with E-state index in [0.29, 0.717) is 13.1 Å². The molecule has 0 radical (unpaired) electrons. The molecule has 1 N–H and O–H groups in total. The van der Waals surface area contributed by atoms with Crippen LogP contribution in [-0.4, -0.2) is 74.4 Å². The van der Waals surface area contributed by atoms with E-state index in [1.54, 1.807) is 4.90 Å². The Kier molecular flexibility index (Phi) is 5.20. The summed E-state index contributed by atoms with van der Waals surface area (Å²) in [6.45, 7) is 0.907. The molecule has 0 bridgehead atoms. The molecule has 3 heterocycles. The van der Waals surface area contributed by atoms with Crippen LogP contribution in [0.4, 0.5) is 13.6 Å². The summed E-state index contributed by atoms with van der Waals surface area (Å²) < 4.78 is 29.5. The molecule has 10 heteroatoms. The molecule has 1 saturated carbocycles. The Labute approximate surface area is 162 Å². The highest BCUT2D eigenvalue weighted by Crippen LogP contribution is 2.33. The number of hydrogen-bond donors (Lipinski definition) is 1. The summed E-state index contributed by atoms with van der Waals surface area (Å²) in [5.41, 5.74) is 0.216. The second-order valence-corrected chi connectivity index (χ2v) is 8.10. The van der Waals surface area contributed by atoms with E-state index in [0.717, 1.165) is 38.5 Å². The largest absolute Gasteiger partial charge is 0.337 e. The molecule has 1 aliphatic carbocycles. The van der Waals surface area contributed by atoms with Gasteiger partial charge in [0.2, 0.25) is 0 Å². The fourth-order valence-corrected chi connectivity index (χ4v) is 4.41. The molecule has 1 unspecified atom stereocenters. The van der Waals surface area contributed by atoms with Gasteiger partial charge in [0, 0.05) is 25.6 Å². The lowest BCUT2D eigenvalue weighted by atomic mass is 10.2. The number of halogens is 2. The Morgan fingerprint density at radius 2 is 1.89 bits per heavy atom. The molecule has 0 spiro atoms. The SMILES string of the molecule is O=C(c1cn(CC2CC(F)(F)CN2C(=O)NC2CCCC2)nn1)N1CCCC1. The van der Waals surface area contributed by atoms with Crippen molar-refractivity contribution in [2.24, 2.45) is 0 Å². The zero-order chi connectivity index (χ0) is 19.7. The second kappa shape index (κ2) is 7.63. The Bertz CT molecular complexity index is 727. The molecule has 2 saturated heterocycles. The minimum Gasteiger partial charge on any atom is -0.337 e. The Morgan fingerprint density at radius 3 is 2.61 bits per heavy atom. The third kappa shape index (κ3) is 4.10. The number of nitrogens with zero attached hydrogens (tertiary/aromatic N) is 5. The lowest BCUT2D eigenvalue weighted by Gasteiger charge is -2.25. The van der Waals surface area contributed by atoms with Gasteiger partial charge in [-0.15, -0.1) is 5.10 Å². The van der Waals surface area contributed by atoms with Crippen molar-refractivity contribution in [3.8, 4) is 0 Å². The van der Waals surface area contributed by atoms with Gasteiger partial charge in [0.15, 0.2) is 5.69 Å². The molecule has 28 heavy (non-hydrogen) atoms. The molecular weight excluding hydrogens is 370 g/mol. The van der Waals surface area contributed by atoms with E-state index in [1.807, 2.05) is 0 Å². The maximum absolute atomic E-state index is 14.0. The lowest BCUT2D eigenvalue weighted by Crippen LogP contribution is -2.47. The fraction of sp³-hybridized carbons (Fsp3) is 0.778. The first-order valence-corrected chi connectivity index (χ1v) is 10.1. The maximum atomic E-state index is 14.0. The number of aromatic nitrogens is 3. The predicted octanol–water partition coefficient (Wildman–Crippen LogP) is 1.88. The van der Waals surface area contributed by atoms with Gasteiger partial charge in [-0.2, -0.15) is 0 Å². The number of hydrogen-bond acceptors (Lipinski definition) is 4. The molecule has 2 aliphatic heterocycles. The Balaban J connectivity index is 1.41. The molecule has 0 aromatic carbocycles. The van der Waals surface area contributed by atoms with E-state index in [-0.39, 0.29) is 24.2 Å². The topological polar surface area (TPSA) is 83.4 Å². The summed E-state index contributed by atoms with van der Waals surface area (Å²) in [7, 11) is 0. The first-order chi connectivity index (χ1) is 13.4. The molecule has 3 aliphatic rings. The standard InChI is InChI=1S/C18H26F2N6O2/c19-18(20)9-14(26(12-18)17(28)21-13-5-1-2-6-13)10-25-11-15(22-23-25)16(27)24-7-3-4-8-24/h11,13-14H,1-10,12H2,(H,21,28). The van der Waals surface area contributed by atoms with Crippen LogP contribution >= 0.6 is 0 Å². The van der Waals surface area contributed by atoms with E-state index in [9.17, 15) is 18.4 Å². The van der Waals surface area contributed by atoms with Gasteiger partial charge in [0.1, 0.15) is 0 Å². The van der Waals surface area contributed by atoms with Gasteiger partial charge in [-0.25, -0.2) is 18.3 Å². The van der Waals surface area contributed by atoms with Crippen molar-refractivity contribution in [2.45, 2.75) is 69.5 Å². The number of carbonyl (C=O) groups excluding carboxylic acids is 2. The molecule has 1 aromatic heterocycles. The van der Waals surface area contributed by atoms with Crippen LogP contribution in [-0.2, 0) is 6.54 Å². The van der Waals surface area contributed by atoms with Gasteiger partial charge in [-0.3, -0.25) is 4.79 Å². The van der Waals surface area contributed by atoms with Gasteiger partial charge < -0.3 is 15.1 Å². The summed E-state index contributed by atoms with van der Waals surface area (Å²) in [6.07, 6.45) is 6.92. The van der Waals surface area contributed by atoms with Gasteiger partial charge in [0.05, 0.1) is 25.3 Å². The van der Waals surface area contributed by atoms with E-state index in [1.165, 1.54) is 15.8 Å². The van der Waals surface area contributed by atoms with Crippen molar-refractivity contribution in [1.29, 1.82) is 0 Å². The van der Waals surface area contributed by atoms with Crippen LogP contribution in [0.2, 0.25) is 0 Å². The highest BCUT2D eigenvalue weighted by atomic mass is 19.3. The summed E-state index contributed by atoms with van der Waals surface area (Å²) >= 11 is 0. The summed E-state index contributed by atoms with van der Waals surface area (Å²) in [4.78, 5) is 27.9. The van der Waals surface area contributed by atoms with E-state index in [2.05, 4.69) is 15.6 Å². The van der Waals surface area contributed by atoms with Crippen LogP contribution in [0.15, 0.2) is 6.20 Å². The molecule has 3 amide bonds. The number of amides is 3. The van der Waals surface area contributed by atoms with Crippen molar-refractivity contribution >= 4 is 11.9 Å². The van der Waals surface area contributed by atoms with Gasteiger partial charge >= 0.3 is 6.03 Å². The van der Waals surface area contributed by atoms with Gasteiger partial charge in [0.25, 0.3) is 11.8 Å². The second-order valence-electron chi connectivity index (χ2n) is 8.10. The first kappa shape index (κ1) is 19.1. The van der Waals surface area contributed by atoms with Gasteiger partial charge in [-0.05, 0) is 25.7 Å². The van der Waals surface area contributed by atoms with Crippen molar-refractivity contribution in [3.63, 3.8) is 0 Å². The normalized spacial score (nSPS) is 24.9. The van der Waals surface area contributed by atoms with Gasteiger partial charge in [-0.1, -0.05) is 18.1 Å². The van der Waals surface area contributed by atoms with Crippen molar-refractivity contribution in [1.82, 2.24) is 30.1 Å². The summed E-state index contributed by atoms with van der Waals surface area (Å²) in [6, 6.07) is -1.06. The molecule has 3 fully saturated rings. The van der Waals surface area contributed by atoms with Crippen LogP contribution in [0.5, 0.6) is 0 Å². The molecule has 1 aromatic rings. The first-order valence-electron chi connectivity index (χ1n) is 10.1. The third-order valence-electron chi connectivity index (χ3n) is 5.87. The highest BCUT2D eigenvalue weighted by Gasteiger charge is 2.47. The zero-order valence-electron chi connectivity index (χ0n) is 15.8. The van der Waals surface area contributed by atoms with E-state index in [4.69, 9.17) is 0 Å². The van der Waals surface area contributed by atoms with Crippen molar-refractivity contribution < 1.29 is 18.4 Å². The zero-order valence-corrected chi connectivity index (χ0v) is 15.8. The van der Waals surface area contributed by atoms with Crippen LogP contribution in [0.3, 0.4) is 0 Å². The van der Waals surface area contributed by atoms with Crippen molar-refractivity contribution in [3.05, 3.63) is 11.9 Å². The Hall–Kier alpha value is -2.26. The average Bonchev–Trinajstić information content (AvgIpc) is 3.42. The minimum absolute atomic E-state index is 0.0680. The third-order valence-corrected chi connectivity index (χ3v) is 5.87. The minimum atomic E-state index is -2.92. The smallest absolute Gasteiger partial charge is 0.318 e. The maximum Gasteiger partial charge on any atom is 0.318 e. The van der Waals surface area contributed by atoms with E-state index < -0.39 is 31.0 Å². The predicted molar refractivity (Wildman–Crippen MR) is 96.0 cm³/mol. The quantitative estimate of drug-likeness (QED) is 0.842. The van der Waals surface area contributed by atoms with Crippen LogP contribution in [0.25, 0.3) is 0 Å². The summed E-state index contributed by atoms with van der Waals surface area (Å²) in [5, 5.41) is 10.7. The van der Waals surface area contributed by atoms with Crippen LogP contribution in [0, 0.1) is 0 Å². The number of carbonyl (C=O) groups is 2. The van der Waals surface area contributed by atoms with E-state index >= 15 is 0 Å². The Morgan fingerprint density at radius 1 is 1.18 bits per heavy atom. The number of urea groups is 1. The number of rotatable bonds is 4. The number of likely N-dealkylation sites (tertiary alicyclic amines) is 2. The molecular formula is C18H26F2N6O2. The molecule has 8 nitrogen and oxygen atoms in total. The molecule has 4 rings (SSSR count). The lowest BCUT2D eigenvalue weighted by molar-refractivity contribution is 0.0144. The van der Waals surface area contributed by atoms with Crippen molar-refractivity contribution in [2.75, 3.05) is 19.6 Å². The number of nitrogens with one attached hydrogen (secondary N) is 1. The monoisotopic (exact) mass is 396 g/mol. The molecule has 1 atom stereocenters. The fourth-order valence-electron chi connectivity index (χ4n) is 4.41.